The molecule has 0 bridgehead atoms. The molecule has 0 amide bonds. The second kappa shape index (κ2) is 7.83. The predicted molar refractivity (Wildman–Crippen MR) is 80.9 cm³/mol. The van der Waals surface area contributed by atoms with E-state index >= 15 is 0 Å². The number of nitrogens with zero attached hydrogens (tertiary/aromatic N) is 1. The molecule has 6 heteroatoms. The molecule has 1 aliphatic rings. The van der Waals surface area contributed by atoms with Gasteiger partial charge in [0.05, 0.1) is 18.1 Å². The number of hydrogen-bond acceptors (Lipinski definition) is 5. The predicted octanol–water partition coefficient (Wildman–Crippen LogP) is 3.22. The van der Waals surface area contributed by atoms with Crippen LogP contribution in [0.5, 0.6) is 5.75 Å². The summed E-state index contributed by atoms with van der Waals surface area (Å²) in [6.45, 7) is 4.65. The minimum atomic E-state index is -0.384. The summed E-state index contributed by atoms with van der Waals surface area (Å²) in [5.41, 5.74) is 0.529. The lowest BCUT2D eigenvalue weighted by Crippen LogP contribution is -2.24. The summed E-state index contributed by atoms with van der Waals surface area (Å²) < 4.78 is 10.9. The summed E-state index contributed by atoms with van der Waals surface area (Å²) in [6, 6.07) is 5.14. The quantitative estimate of drug-likeness (QED) is 0.617. The molecule has 0 saturated carbocycles. The maximum atomic E-state index is 11.3. The summed E-state index contributed by atoms with van der Waals surface area (Å²) in [7, 11) is 0. The lowest BCUT2D eigenvalue weighted by Gasteiger charge is -2.22. The number of para-hydroxylation sites is 1. The van der Waals surface area contributed by atoms with Crippen molar-refractivity contribution in [3.8, 4) is 5.75 Å². The Morgan fingerprint density at radius 2 is 2.38 bits per heavy atom. The van der Waals surface area contributed by atoms with Crippen molar-refractivity contribution in [2.75, 3.05) is 31.7 Å². The van der Waals surface area contributed by atoms with Gasteiger partial charge in [-0.2, -0.15) is 0 Å². The van der Waals surface area contributed by atoms with Crippen LogP contribution in [-0.4, -0.2) is 31.3 Å². The lowest BCUT2D eigenvalue weighted by atomic mass is 10.0. The molecule has 1 aromatic rings. The first-order valence-electron chi connectivity index (χ1n) is 7.44. The highest BCUT2D eigenvalue weighted by Crippen LogP contribution is 2.35. The second-order valence-corrected chi connectivity index (χ2v) is 5.22. The van der Waals surface area contributed by atoms with E-state index in [2.05, 4.69) is 5.32 Å². The van der Waals surface area contributed by atoms with E-state index in [1.807, 2.05) is 6.92 Å². The summed E-state index contributed by atoms with van der Waals surface area (Å²) in [5.74, 6) is 0.727. The van der Waals surface area contributed by atoms with Gasteiger partial charge in [-0.25, -0.2) is 0 Å². The lowest BCUT2D eigenvalue weighted by molar-refractivity contribution is -0.385. The molecule has 0 spiro atoms. The number of ether oxygens (including phenoxy) is 2. The molecule has 1 aliphatic heterocycles. The molecule has 1 N–H and O–H groups in total. The van der Waals surface area contributed by atoms with Crippen LogP contribution in [0.1, 0.15) is 26.2 Å². The third kappa shape index (κ3) is 4.32. The van der Waals surface area contributed by atoms with E-state index < -0.39 is 0 Å². The van der Waals surface area contributed by atoms with Gasteiger partial charge in [0.2, 0.25) is 0 Å². The van der Waals surface area contributed by atoms with Gasteiger partial charge in [-0.15, -0.1) is 0 Å². The third-order valence-electron chi connectivity index (χ3n) is 3.48. The maximum absolute atomic E-state index is 11.3. The molecule has 1 unspecified atom stereocenters. The highest BCUT2D eigenvalue weighted by Gasteiger charge is 2.22. The van der Waals surface area contributed by atoms with Crippen molar-refractivity contribution in [2.24, 2.45) is 5.92 Å². The van der Waals surface area contributed by atoms with E-state index in [1.165, 1.54) is 0 Å². The van der Waals surface area contributed by atoms with E-state index in [0.717, 1.165) is 25.9 Å². The van der Waals surface area contributed by atoms with Crippen LogP contribution >= 0.6 is 0 Å². The molecule has 1 atom stereocenters. The van der Waals surface area contributed by atoms with Gasteiger partial charge in [-0.3, -0.25) is 10.1 Å². The number of benzene rings is 1. The van der Waals surface area contributed by atoms with Gasteiger partial charge in [0.25, 0.3) is 0 Å². The molecular weight excluding hydrogens is 272 g/mol. The van der Waals surface area contributed by atoms with Gasteiger partial charge in [0.1, 0.15) is 5.69 Å². The fourth-order valence-electron chi connectivity index (χ4n) is 2.40. The van der Waals surface area contributed by atoms with Gasteiger partial charge in [0.15, 0.2) is 5.75 Å². The first-order chi connectivity index (χ1) is 10.2. The van der Waals surface area contributed by atoms with Crippen molar-refractivity contribution in [3.05, 3.63) is 28.3 Å². The molecule has 0 radical (unpaired) electrons. The van der Waals surface area contributed by atoms with E-state index in [4.69, 9.17) is 9.47 Å². The number of nitro groups is 1. The monoisotopic (exact) mass is 294 g/mol. The van der Waals surface area contributed by atoms with Crippen LogP contribution in [0.2, 0.25) is 0 Å². The molecule has 2 rings (SSSR count). The Morgan fingerprint density at radius 1 is 1.52 bits per heavy atom. The van der Waals surface area contributed by atoms with Gasteiger partial charge < -0.3 is 14.8 Å². The Kier molecular flexibility index (Phi) is 5.80. The Morgan fingerprint density at radius 3 is 3.05 bits per heavy atom. The van der Waals surface area contributed by atoms with Crippen molar-refractivity contribution < 1.29 is 14.4 Å². The van der Waals surface area contributed by atoms with Crippen LogP contribution in [0, 0.1) is 16.0 Å². The summed E-state index contributed by atoms with van der Waals surface area (Å²) in [5, 5.41) is 14.5. The fourth-order valence-corrected chi connectivity index (χ4v) is 2.40. The van der Waals surface area contributed by atoms with Gasteiger partial charge in [-0.05, 0) is 37.3 Å². The van der Waals surface area contributed by atoms with Crippen molar-refractivity contribution in [1.82, 2.24) is 0 Å². The van der Waals surface area contributed by atoms with Crippen LogP contribution < -0.4 is 10.1 Å². The minimum Gasteiger partial charge on any atom is -0.487 e. The Bertz CT molecular complexity index is 473. The first kappa shape index (κ1) is 15.6. The topological polar surface area (TPSA) is 73.6 Å². The van der Waals surface area contributed by atoms with Crippen LogP contribution in [0.15, 0.2) is 18.2 Å². The fraction of sp³-hybridized carbons (Fsp3) is 0.600. The molecule has 0 aromatic heterocycles. The van der Waals surface area contributed by atoms with E-state index in [1.54, 1.807) is 18.2 Å². The molecule has 116 valence electrons. The Labute approximate surface area is 124 Å². The molecule has 6 nitrogen and oxygen atoms in total. The maximum Gasteiger partial charge on any atom is 0.333 e. The van der Waals surface area contributed by atoms with Crippen LogP contribution in [-0.2, 0) is 4.74 Å². The largest absolute Gasteiger partial charge is 0.487 e. The zero-order chi connectivity index (χ0) is 15.1. The van der Waals surface area contributed by atoms with Crippen LogP contribution in [0.4, 0.5) is 11.4 Å². The smallest absolute Gasteiger partial charge is 0.333 e. The minimum absolute atomic E-state index is 0.0164. The molecule has 21 heavy (non-hydrogen) atoms. The first-order valence-corrected chi connectivity index (χ1v) is 7.44. The van der Waals surface area contributed by atoms with E-state index in [9.17, 15) is 10.1 Å². The molecule has 1 saturated heterocycles. The summed E-state index contributed by atoms with van der Waals surface area (Å²) >= 11 is 0. The van der Waals surface area contributed by atoms with Crippen molar-refractivity contribution in [1.29, 1.82) is 0 Å². The van der Waals surface area contributed by atoms with Crippen LogP contribution in [0.25, 0.3) is 0 Å². The average molecular weight is 294 g/mol. The van der Waals surface area contributed by atoms with E-state index in [0.29, 0.717) is 37.1 Å². The van der Waals surface area contributed by atoms with Crippen LogP contribution in [0.3, 0.4) is 0 Å². The number of anilines is 1. The van der Waals surface area contributed by atoms with Gasteiger partial charge in [-0.1, -0.05) is 13.0 Å². The Hall–Kier alpha value is -1.82. The van der Waals surface area contributed by atoms with Gasteiger partial charge in [0, 0.05) is 13.2 Å². The summed E-state index contributed by atoms with van der Waals surface area (Å²) in [6.07, 6.45) is 2.95. The Balaban J connectivity index is 2.07. The molecule has 1 aromatic carbocycles. The number of nitro benzene ring substituents is 1. The number of nitrogens with one attached hydrogen (secondary N) is 1. The second-order valence-electron chi connectivity index (χ2n) is 5.22. The zero-order valence-corrected chi connectivity index (χ0v) is 12.3. The van der Waals surface area contributed by atoms with Crippen molar-refractivity contribution in [2.45, 2.75) is 26.2 Å². The average Bonchev–Trinajstić information content (AvgIpc) is 2.51. The zero-order valence-electron chi connectivity index (χ0n) is 12.3. The number of rotatable bonds is 7. The molecule has 1 heterocycles. The highest BCUT2D eigenvalue weighted by atomic mass is 16.6. The highest BCUT2D eigenvalue weighted by molar-refractivity contribution is 5.68. The number of hydrogen-bond donors (Lipinski definition) is 1. The van der Waals surface area contributed by atoms with E-state index in [-0.39, 0.29) is 10.6 Å². The third-order valence-corrected chi connectivity index (χ3v) is 3.48. The van der Waals surface area contributed by atoms with Crippen molar-refractivity contribution >= 4 is 11.4 Å². The molecule has 1 fully saturated rings. The summed E-state index contributed by atoms with van der Waals surface area (Å²) in [4.78, 5) is 10.9. The SMILES string of the molecule is CCCOc1cccc(NCC2CCCOC2)c1[N+](=O)[O-]. The molecule has 0 aliphatic carbocycles. The normalized spacial score (nSPS) is 18.2. The molecular formula is C15H22N2O4. The standard InChI is InChI=1S/C15H22N2O4/c1-2-8-21-14-7-3-6-13(15(14)17(18)19)16-10-12-5-4-9-20-11-12/h3,6-7,12,16H,2,4-5,8-11H2,1H3. The van der Waals surface area contributed by atoms with Gasteiger partial charge >= 0.3 is 5.69 Å². The van der Waals surface area contributed by atoms with Crippen molar-refractivity contribution in [3.63, 3.8) is 0 Å².